The summed E-state index contributed by atoms with van der Waals surface area (Å²) in [6.45, 7) is 4.50. The van der Waals surface area contributed by atoms with E-state index >= 15 is 0 Å². The molecule has 40 heavy (non-hydrogen) atoms. The van der Waals surface area contributed by atoms with E-state index in [2.05, 4.69) is 46.3 Å². The Morgan fingerprint density at radius 1 is 0.600 bits per heavy atom. The van der Waals surface area contributed by atoms with Gasteiger partial charge in [-0.05, 0) is 75.0 Å². The van der Waals surface area contributed by atoms with Gasteiger partial charge in [-0.2, -0.15) is 0 Å². The van der Waals surface area contributed by atoms with Gasteiger partial charge in [-0.15, -0.1) is 0 Å². The Morgan fingerprint density at radius 3 is 1.45 bits per heavy atom. The fourth-order valence-electron chi connectivity index (χ4n) is 5.76. The smallest absolute Gasteiger partial charge is 1.00 e. The van der Waals surface area contributed by atoms with Crippen molar-refractivity contribution in [3.8, 4) is 0 Å². The van der Waals surface area contributed by atoms with Crippen LogP contribution in [-0.4, -0.2) is 76.1 Å². The minimum Gasteiger partial charge on any atom is -1.00 e. The number of halogens is 3. The number of allylic oxidation sites excluding steroid dienone is 2. The predicted octanol–water partition coefficient (Wildman–Crippen LogP) is -4.89. The number of pyridine rings is 1. The van der Waals surface area contributed by atoms with Crippen molar-refractivity contribution < 1.29 is 54.0 Å². The minimum atomic E-state index is -0.0191. The summed E-state index contributed by atoms with van der Waals surface area (Å²) in [5.74, 6) is 1.38. The molecule has 6 aliphatic rings. The summed E-state index contributed by atoms with van der Waals surface area (Å²) in [5.41, 5.74) is 6.07. The van der Waals surface area contributed by atoms with Crippen LogP contribution in [0.2, 0.25) is 0 Å². The maximum Gasteiger partial charge on any atom is 3.00 e. The first-order valence-corrected chi connectivity index (χ1v) is 13.4. The molecule has 2 fully saturated rings. The van der Waals surface area contributed by atoms with Crippen LogP contribution < -0.4 is 37.2 Å². The number of likely N-dealkylation sites (tertiary alicyclic amines) is 2. The van der Waals surface area contributed by atoms with Crippen molar-refractivity contribution in [1.82, 2.24) is 14.8 Å². The second-order valence-electron chi connectivity index (χ2n) is 10.2. The largest absolute Gasteiger partial charge is 3.00 e. The summed E-state index contributed by atoms with van der Waals surface area (Å²) in [7, 11) is 0. The summed E-state index contributed by atoms with van der Waals surface area (Å²) >= 11 is 0. The van der Waals surface area contributed by atoms with Gasteiger partial charge in [0.25, 0.3) is 0 Å². The number of hydrogen-bond acceptors (Lipinski definition) is 7. The van der Waals surface area contributed by atoms with Gasteiger partial charge in [-0.3, -0.25) is 9.98 Å². The third-order valence-electron chi connectivity index (χ3n) is 7.74. The van der Waals surface area contributed by atoms with Crippen LogP contribution in [0.15, 0.2) is 86.0 Å². The van der Waals surface area contributed by atoms with Crippen LogP contribution >= 0.6 is 0 Å². The van der Waals surface area contributed by atoms with Crippen LogP contribution in [0.4, 0.5) is 0 Å². The summed E-state index contributed by atoms with van der Waals surface area (Å²) in [6.07, 6.45) is 20.8. The molecule has 7 nitrogen and oxygen atoms in total. The SMILES string of the molecule is C1=CC2N=C(c3cccc(C4=NC5C=CC(N6CCCCC6)=CC5=N4)n3)N=C2C=C1N1CCCCC1.[Cl-].[Cl-].[Cl-].[Co+3]. The van der Waals surface area contributed by atoms with Gasteiger partial charge < -0.3 is 47.0 Å². The van der Waals surface area contributed by atoms with Crippen molar-refractivity contribution in [3.05, 3.63) is 77.4 Å². The number of piperidine rings is 2. The van der Waals surface area contributed by atoms with Gasteiger partial charge in [0.1, 0.15) is 23.5 Å². The number of amidine groups is 2. The Balaban J connectivity index is 0.00000110. The Hall–Kier alpha value is -2.23. The average Bonchev–Trinajstić information content (AvgIpc) is 3.58. The van der Waals surface area contributed by atoms with E-state index in [0.29, 0.717) is 11.7 Å². The van der Waals surface area contributed by atoms with E-state index in [0.717, 1.165) is 49.0 Å². The van der Waals surface area contributed by atoms with Gasteiger partial charge in [-0.25, -0.2) is 15.0 Å². The molecule has 0 saturated carbocycles. The van der Waals surface area contributed by atoms with Gasteiger partial charge in [0.2, 0.25) is 0 Å². The van der Waals surface area contributed by atoms with Crippen molar-refractivity contribution >= 4 is 23.1 Å². The Morgan fingerprint density at radius 2 is 1.02 bits per heavy atom. The van der Waals surface area contributed by atoms with Crippen molar-refractivity contribution in [1.29, 1.82) is 0 Å². The number of hydrogen-bond donors (Lipinski definition) is 0. The van der Waals surface area contributed by atoms with Crippen molar-refractivity contribution in [2.75, 3.05) is 26.2 Å². The molecule has 0 radical (unpaired) electrons. The maximum absolute atomic E-state index is 4.88. The normalized spacial score (nSPS) is 24.3. The van der Waals surface area contributed by atoms with Crippen molar-refractivity contribution in [2.45, 2.75) is 50.6 Å². The first-order chi connectivity index (χ1) is 17.8. The monoisotopic (exact) mass is 641 g/mol. The van der Waals surface area contributed by atoms with Gasteiger partial charge in [0.15, 0.2) is 11.7 Å². The first kappa shape index (κ1) is 32.3. The fraction of sp³-hybridized carbons (Fsp3) is 0.414. The van der Waals surface area contributed by atoms with Crippen LogP contribution in [0.25, 0.3) is 0 Å². The van der Waals surface area contributed by atoms with E-state index in [1.165, 1.54) is 49.9 Å². The predicted molar refractivity (Wildman–Crippen MR) is 145 cm³/mol. The molecule has 0 N–H and O–H groups in total. The van der Waals surface area contributed by atoms with Gasteiger partial charge in [0.05, 0.1) is 11.4 Å². The van der Waals surface area contributed by atoms with E-state index in [1.54, 1.807) is 0 Å². The van der Waals surface area contributed by atoms with Crippen LogP contribution in [-0.2, 0) is 16.8 Å². The number of nitrogens with zero attached hydrogens (tertiary/aromatic N) is 7. The number of aromatic nitrogens is 1. The van der Waals surface area contributed by atoms with Crippen molar-refractivity contribution in [2.24, 2.45) is 20.0 Å². The van der Waals surface area contributed by atoms with E-state index in [9.17, 15) is 0 Å². The van der Waals surface area contributed by atoms with Gasteiger partial charge >= 0.3 is 16.8 Å². The molecule has 5 heterocycles. The first-order valence-electron chi connectivity index (χ1n) is 13.4. The van der Waals surface area contributed by atoms with E-state index in [1.807, 2.05) is 18.2 Å². The second kappa shape index (κ2) is 14.1. The number of fused-ring (bicyclic) bond motifs is 2. The molecule has 2 aliphatic carbocycles. The number of aliphatic imine (C=N–C) groups is 4. The van der Waals surface area contributed by atoms with Crippen LogP contribution in [0.3, 0.4) is 0 Å². The van der Waals surface area contributed by atoms with Crippen LogP contribution in [0, 0.1) is 0 Å². The third kappa shape index (κ3) is 6.47. The Bertz CT molecular complexity index is 1240. The summed E-state index contributed by atoms with van der Waals surface area (Å²) in [5, 5.41) is 0. The minimum absolute atomic E-state index is 0. The molecule has 2 unspecified atom stereocenters. The molecule has 11 heteroatoms. The summed E-state index contributed by atoms with van der Waals surface area (Å²) in [4.78, 5) is 29.3. The molecule has 2 atom stereocenters. The van der Waals surface area contributed by atoms with Gasteiger partial charge in [0, 0.05) is 37.6 Å². The molecule has 0 aromatic carbocycles. The van der Waals surface area contributed by atoms with Crippen LogP contribution in [0.1, 0.15) is 49.9 Å². The molecule has 0 amide bonds. The maximum atomic E-state index is 4.88. The molecular weight excluding hydrogens is 612 g/mol. The second-order valence-corrected chi connectivity index (χ2v) is 10.2. The zero-order valence-electron chi connectivity index (χ0n) is 22.0. The van der Waals surface area contributed by atoms with E-state index in [4.69, 9.17) is 25.0 Å². The quantitative estimate of drug-likeness (QED) is 0.331. The zero-order valence-corrected chi connectivity index (χ0v) is 25.3. The topological polar surface area (TPSA) is 68.8 Å². The molecule has 1 aromatic rings. The summed E-state index contributed by atoms with van der Waals surface area (Å²) < 4.78 is 0. The van der Waals surface area contributed by atoms with Crippen LogP contribution in [0.5, 0.6) is 0 Å². The Labute approximate surface area is 264 Å². The zero-order chi connectivity index (χ0) is 23.9. The molecule has 212 valence electrons. The molecular formula is C29H31Cl3CoN7. The third-order valence-corrected chi connectivity index (χ3v) is 7.74. The standard InChI is InChI=1S/C29H31N7.3ClH.Co/c1-3-14-35(15-4-1)20-10-12-22-26(18-20)33-28(31-22)24-8-7-9-25(30-24)29-32-23-13-11-21(19-27(23)34-29)36-16-5-2-6-17-36;;;;/h7-13,18-19,22-23H,1-6,14-17H2;3*1H;/q;;;;+3/p-3. The molecule has 2 saturated heterocycles. The van der Waals surface area contributed by atoms with E-state index in [-0.39, 0.29) is 66.1 Å². The molecule has 1 aromatic heterocycles. The van der Waals surface area contributed by atoms with E-state index < -0.39 is 0 Å². The van der Waals surface area contributed by atoms with Gasteiger partial charge in [-0.1, -0.05) is 18.2 Å². The molecule has 4 aliphatic heterocycles. The summed E-state index contributed by atoms with van der Waals surface area (Å²) in [6, 6.07) is 5.92. The van der Waals surface area contributed by atoms with Crippen molar-refractivity contribution in [3.63, 3.8) is 0 Å². The average molecular weight is 643 g/mol. The fourth-order valence-corrected chi connectivity index (χ4v) is 5.76. The molecule has 7 rings (SSSR count). The molecule has 0 bridgehead atoms. The number of rotatable bonds is 4. The molecule has 0 spiro atoms. The Kier molecular flexibility index (Phi) is 11.4.